The van der Waals surface area contributed by atoms with E-state index in [9.17, 15) is 0 Å². The molecule has 0 amide bonds. The molecular weight excluding hydrogens is 222 g/mol. The lowest BCUT2D eigenvalue weighted by Gasteiger charge is -2.30. The third-order valence-corrected chi connectivity index (χ3v) is 2.92. The van der Waals surface area contributed by atoms with Crippen LogP contribution in [0, 0.1) is 6.92 Å². The summed E-state index contributed by atoms with van der Waals surface area (Å²) in [5.41, 5.74) is 8.31. The van der Waals surface area contributed by atoms with Crippen molar-refractivity contribution < 1.29 is 0 Å². The van der Waals surface area contributed by atoms with Crippen molar-refractivity contribution >= 4 is 12.4 Å². The molecule has 1 aromatic rings. The Labute approximate surface area is 103 Å². The highest BCUT2D eigenvalue weighted by atomic mass is 35.5. The molecule has 0 bridgehead atoms. The molecule has 90 valence electrons. The quantitative estimate of drug-likeness (QED) is 0.858. The molecule has 0 aliphatic carbocycles. The molecule has 2 N–H and O–H groups in total. The molecule has 1 aliphatic rings. The lowest BCUT2D eigenvalue weighted by Crippen LogP contribution is -2.42. The van der Waals surface area contributed by atoms with Gasteiger partial charge < -0.3 is 5.73 Å². The van der Waals surface area contributed by atoms with Crippen LogP contribution in [0.5, 0.6) is 0 Å². The van der Waals surface area contributed by atoms with E-state index in [-0.39, 0.29) is 12.4 Å². The molecule has 0 aromatic carbocycles. The Hall–Kier alpha value is -0.640. The summed E-state index contributed by atoms with van der Waals surface area (Å²) in [5, 5.41) is 0. The molecule has 1 saturated heterocycles. The van der Waals surface area contributed by atoms with Crippen LogP contribution in [0.4, 0.5) is 0 Å². The maximum Gasteiger partial charge on any atom is 0.0372 e. The molecule has 1 aromatic heterocycles. The summed E-state index contributed by atoms with van der Waals surface area (Å²) < 4.78 is 0. The molecular formula is C12H20ClN3. The number of nitrogens with two attached hydrogens (primary N) is 1. The molecule has 0 radical (unpaired) electrons. The first-order valence-corrected chi connectivity index (χ1v) is 5.63. The monoisotopic (exact) mass is 241 g/mol. The van der Waals surface area contributed by atoms with Crippen LogP contribution >= 0.6 is 12.4 Å². The van der Waals surface area contributed by atoms with Gasteiger partial charge in [0, 0.05) is 31.0 Å². The Kier molecular flexibility index (Phi) is 5.19. The van der Waals surface area contributed by atoms with Crippen molar-refractivity contribution in [3.8, 4) is 0 Å². The van der Waals surface area contributed by atoms with Gasteiger partial charge in [0.25, 0.3) is 0 Å². The van der Waals surface area contributed by atoms with Gasteiger partial charge in [0.1, 0.15) is 0 Å². The highest BCUT2D eigenvalue weighted by molar-refractivity contribution is 5.85. The van der Waals surface area contributed by atoms with E-state index in [1.807, 2.05) is 13.1 Å². The number of halogens is 1. The fourth-order valence-electron chi connectivity index (χ4n) is 2.09. The first-order chi connectivity index (χ1) is 7.24. The van der Waals surface area contributed by atoms with E-state index >= 15 is 0 Å². The molecule has 1 fully saturated rings. The van der Waals surface area contributed by atoms with Crippen LogP contribution < -0.4 is 5.73 Å². The van der Waals surface area contributed by atoms with E-state index in [0.29, 0.717) is 6.04 Å². The second-order valence-corrected chi connectivity index (χ2v) is 4.45. The molecule has 3 nitrogen and oxygen atoms in total. The summed E-state index contributed by atoms with van der Waals surface area (Å²) in [7, 11) is 0. The zero-order valence-electron chi connectivity index (χ0n) is 9.72. The average molecular weight is 242 g/mol. The first kappa shape index (κ1) is 13.4. The van der Waals surface area contributed by atoms with Crippen molar-refractivity contribution in [2.24, 2.45) is 5.73 Å². The van der Waals surface area contributed by atoms with E-state index in [2.05, 4.69) is 22.0 Å². The van der Waals surface area contributed by atoms with E-state index in [1.165, 1.54) is 24.9 Å². The van der Waals surface area contributed by atoms with Crippen LogP contribution in [-0.4, -0.2) is 29.0 Å². The minimum absolute atomic E-state index is 0. The Morgan fingerprint density at radius 2 is 2.31 bits per heavy atom. The van der Waals surface area contributed by atoms with Crippen molar-refractivity contribution in [1.82, 2.24) is 9.88 Å². The van der Waals surface area contributed by atoms with Crippen LogP contribution in [0.2, 0.25) is 0 Å². The predicted octanol–water partition coefficient (Wildman–Crippen LogP) is 1.73. The Bertz CT molecular complexity index is 313. The molecule has 0 saturated carbocycles. The number of rotatable bonds is 2. The normalized spacial score (nSPS) is 21.5. The Morgan fingerprint density at radius 1 is 1.50 bits per heavy atom. The van der Waals surface area contributed by atoms with Crippen LogP contribution in [0.3, 0.4) is 0 Å². The summed E-state index contributed by atoms with van der Waals surface area (Å²) in [6.07, 6.45) is 4.36. The highest BCUT2D eigenvalue weighted by Gasteiger charge is 2.16. The first-order valence-electron chi connectivity index (χ1n) is 5.63. The molecule has 2 rings (SSSR count). The average Bonchev–Trinajstić information content (AvgIpc) is 2.22. The van der Waals surface area contributed by atoms with Crippen molar-refractivity contribution in [3.63, 3.8) is 0 Å². The Balaban J connectivity index is 0.00000128. The van der Waals surface area contributed by atoms with Crippen molar-refractivity contribution in [1.29, 1.82) is 0 Å². The molecule has 1 atom stereocenters. The third-order valence-electron chi connectivity index (χ3n) is 2.92. The zero-order chi connectivity index (χ0) is 10.7. The van der Waals surface area contributed by atoms with Gasteiger partial charge in [0.15, 0.2) is 0 Å². The van der Waals surface area contributed by atoms with Crippen molar-refractivity contribution in [2.75, 3.05) is 13.1 Å². The van der Waals surface area contributed by atoms with Gasteiger partial charge in [-0.2, -0.15) is 0 Å². The summed E-state index contributed by atoms with van der Waals surface area (Å²) in [6, 6.07) is 4.58. The SMILES string of the molecule is Cc1ccc(CN2CCCC(N)C2)cn1.Cl. The van der Waals surface area contributed by atoms with Crippen LogP contribution in [0.15, 0.2) is 18.3 Å². The fraction of sp³-hybridized carbons (Fsp3) is 0.583. The topological polar surface area (TPSA) is 42.1 Å². The smallest absolute Gasteiger partial charge is 0.0372 e. The fourth-order valence-corrected chi connectivity index (χ4v) is 2.09. The summed E-state index contributed by atoms with van der Waals surface area (Å²) in [5.74, 6) is 0. The molecule has 16 heavy (non-hydrogen) atoms. The van der Waals surface area contributed by atoms with E-state index < -0.39 is 0 Å². The number of aromatic nitrogens is 1. The van der Waals surface area contributed by atoms with Gasteiger partial charge in [0.05, 0.1) is 0 Å². The van der Waals surface area contributed by atoms with E-state index in [1.54, 1.807) is 0 Å². The van der Waals surface area contributed by atoms with Crippen LogP contribution in [0.25, 0.3) is 0 Å². The molecule has 4 heteroatoms. The molecule has 1 unspecified atom stereocenters. The lowest BCUT2D eigenvalue weighted by molar-refractivity contribution is 0.201. The lowest BCUT2D eigenvalue weighted by atomic mass is 10.1. The zero-order valence-corrected chi connectivity index (χ0v) is 10.5. The van der Waals surface area contributed by atoms with Gasteiger partial charge >= 0.3 is 0 Å². The second-order valence-electron chi connectivity index (χ2n) is 4.45. The van der Waals surface area contributed by atoms with E-state index in [4.69, 9.17) is 5.73 Å². The van der Waals surface area contributed by atoms with Crippen LogP contribution in [-0.2, 0) is 6.54 Å². The summed E-state index contributed by atoms with van der Waals surface area (Å²) in [6.45, 7) is 5.19. The van der Waals surface area contributed by atoms with Gasteiger partial charge in [0.2, 0.25) is 0 Å². The predicted molar refractivity (Wildman–Crippen MR) is 68.7 cm³/mol. The number of likely N-dealkylation sites (tertiary alicyclic amines) is 1. The van der Waals surface area contributed by atoms with Gasteiger partial charge in [-0.25, -0.2) is 0 Å². The standard InChI is InChI=1S/C12H19N3.ClH/c1-10-4-5-11(7-14-10)8-15-6-2-3-12(13)9-15;/h4-5,7,12H,2-3,6,8-9,13H2,1H3;1H. The van der Waals surface area contributed by atoms with Crippen molar-refractivity contribution in [3.05, 3.63) is 29.6 Å². The highest BCUT2D eigenvalue weighted by Crippen LogP contribution is 2.12. The number of nitrogens with zero attached hydrogens (tertiary/aromatic N) is 2. The third kappa shape index (κ3) is 3.74. The number of piperidine rings is 1. The maximum absolute atomic E-state index is 5.95. The maximum atomic E-state index is 5.95. The minimum atomic E-state index is 0. The summed E-state index contributed by atoms with van der Waals surface area (Å²) >= 11 is 0. The number of pyridine rings is 1. The largest absolute Gasteiger partial charge is 0.327 e. The van der Waals surface area contributed by atoms with Gasteiger partial charge in [-0.15, -0.1) is 12.4 Å². The number of aryl methyl sites for hydroxylation is 1. The molecule has 0 spiro atoms. The van der Waals surface area contributed by atoms with Gasteiger partial charge in [-0.1, -0.05) is 6.07 Å². The van der Waals surface area contributed by atoms with Crippen LogP contribution in [0.1, 0.15) is 24.1 Å². The number of hydrogen-bond donors (Lipinski definition) is 1. The molecule has 2 heterocycles. The summed E-state index contributed by atoms with van der Waals surface area (Å²) in [4.78, 5) is 6.72. The van der Waals surface area contributed by atoms with Gasteiger partial charge in [-0.05, 0) is 37.9 Å². The molecule has 1 aliphatic heterocycles. The number of hydrogen-bond acceptors (Lipinski definition) is 3. The van der Waals surface area contributed by atoms with Crippen molar-refractivity contribution in [2.45, 2.75) is 32.4 Å². The van der Waals surface area contributed by atoms with E-state index in [0.717, 1.165) is 18.8 Å². The minimum Gasteiger partial charge on any atom is -0.327 e. The second kappa shape index (κ2) is 6.18. The Morgan fingerprint density at radius 3 is 2.94 bits per heavy atom. The van der Waals surface area contributed by atoms with Gasteiger partial charge in [-0.3, -0.25) is 9.88 Å².